The Balaban J connectivity index is 1.50. The summed E-state index contributed by atoms with van der Waals surface area (Å²) in [6.45, 7) is 1.93. The number of benzene rings is 1. The molecule has 0 saturated heterocycles. The second-order valence-corrected chi connectivity index (χ2v) is 13.7. The maximum atomic E-state index is 12.4. The minimum atomic E-state index is -3.65. The number of nitrogens with one attached hydrogen (secondary N) is 1. The smallest absolute Gasteiger partial charge is 0.200 e. The van der Waals surface area contributed by atoms with Crippen LogP contribution in [0.25, 0.3) is 0 Å². The van der Waals surface area contributed by atoms with Crippen LogP contribution in [-0.4, -0.2) is 17.9 Å². The third kappa shape index (κ3) is 3.39. The van der Waals surface area contributed by atoms with Gasteiger partial charge in [0.05, 0.1) is 11.1 Å². The highest BCUT2D eigenvalue weighted by Gasteiger charge is 2.58. The van der Waals surface area contributed by atoms with Crippen molar-refractivity contribution in [2.45, 2.75) is 53.6 Å². The fourth-order valence-electron chi connectivity index (χ4n) is 5.60. The molecule has 0 heterocycles. The van der Waals surface area contributed by atoms with E-state index in [2.05, 4.69) is 41.8 Å². The summed E-state index contributed by atoms with van der Waals surface area (Å²) < 4.78 is 24.4. The van der Waals surface area contributed by atoms with E-state index in [9.17, 15) is 8.42 Å². The highest BCUT2D eigenvalue weighted by molar-refractivity contribution is 9.25. The van der Waals surface area contributed by atoms with Crippen LogP contribution in [0.5, 0.6) is 0 Å². The zero-order chi connectivity index (χ0) is 18.6. The van der Waals surface area contributed by atoms with Gasteiger partial charge in [0, 0.05) is 5.41 Å². The highest BCUT2D eigenvalue weighted by atomic mass is 79.9. The van der Waals surface area contributed by atoms with Crippen molar-refractivity contribution in [3.63, 3.8) is 0 Å². The first-order chi connectivity index (χ1) is 12.2. The van der Waals surface area contributed by atoms with Gasteiger partial charge in [-0.05, 0) is 75.3 Å². The van der Waals surface area contributed by atoms with Crippen LogP contribution < -0.4 is 4.83 Å². The second kappa shape index (κ2) is 6.59. The van der Waals surface area contributed by atoms with Gasteiger partial charge in [-0.25, -0.2) is 4.83 Å². The van der Waals surface area contributed by atoms with Crippen molar-refractivity contribution in [1.82, 2.24) is 4.83 Å². The number of halogens is 2. The van der Waals surface area contributed by atoms with E-state index in [4.69, 9.17) is 0 Å². The topological polar surface area (TPSA) is 58.5 Å². The molecule has 1 aromatic carbocycles. The fourth-order valence-corrected chi connectivity index (χ4v) is 7.57. The first-order valence-electron chi connectivity index (χ1n) is 9.20. The molecule has 1 aromatic rings. The molecule has 0 amide bonds. The summed E-state index contributed by atoms with van der Waals surface area (Å²) in [5.41, 5.74) is 1.15. The summed E-state index contributed by atoms with van der Waals surface area (Å²) in [4.78, 5) is 2.59. The number of alkyl halides is 2. The monoisotopic (exact) mass is 502 g/mol. The minimum Gasteiger partial charge on any atom is -0.200 e. The van der Waals surface area contributed by atoms with Crippen LogP contribution in [0.2, 0.25) is 0 Å². The maximum Gasteiger partial charge on any atom is 0.276 e. The molecule has 4 aliphatic carbocycles. The lowest BCUT2D eigenvalue weighted by atomic mass is 9.49. The van der Waals surface area contributed by atoms with Crippen LogP contribution in [0.1, 0.15) is 44.1 Å². The molecule has 0 aliphatic heterocycles. The number of sulfonamides is 1. The van der Waals surface area contributed by atoms with Gasteiger partial charge in [0.15, 0.2) is 0 Å². The Labute approximate surface area is 172 Å². The van der Waals surface area contributed by atoms with Gasteiger partial charge in [-0.15, -0.1) is 0 Å². The second-order valence-electron chi connectivity index (χ2n) is 8.49. The molecule has 4 bridgehead atoms. The van der Waals surface area contributed by atoms with Crippen molar-refractivity contribution in [2.24, 2.45) is 28.3 Å². The Morgan fingerprint density at radius 2 is 1.58 bits per heavy atom. The SMILES string of the molecule is Cc1ccc(S(=O)(=O)N/N=C/C(Br)(Br)C23CC4CC(CC(C4)C2)C3)cc1. The van der Waals surface area contributed by atoms with Gasteiger partial charge in [-0.2, -0.15) is 13.5 Å². The summed E-state index contributed by atoms with van der Waals surface area (Å²) in [6, 6.07) is 6.77. The van der Waals surface area contributed by atoms with Gasteiger partial charge < -0.3 is 0 Å². The average Bonchev–Trinajstić information content (AvgIpc) is 2.53. The van der Waals surface area contributed by atoms with Crippen LogP contribution in [-0.2, 0) is 10.0 Å². The molecule has 142 valence electrons. The molecule has 4 nitrogen and oxygen atoms in total. The third-order valence-electron chi connectivity index (χ3n) is 6.48. The Kier molecular flexibility index (Phi) is 4.80. The van der Waals surface area contributed by atoms with Crippen LogP contribution >= 0.6 is 31.9 Å². The van der Waals surface area contributed by atoms with E-state index in [1.54, 1.807) is 30.5 Å². The number of hydrazone groups is 1. The molecule has 0 atom stereocenters. The Morgan fingerprint density at radius 3 is 2.08 bits per heavy atom. The molecule has 0 spiro atoms. The van der Waals surface area contributed by atoms with Gasteiger partial charge in [-0.1, -0.05) is 49.6 Å². The van der Waals surface area contributed by atoms with Crippen LogP contribution in [0.4, 0.5) is 0 Å². The standard InChI is InChI=1S/C19H24Br2N2O2S/c1-13-2-4-17(5-3-13)26(24,25)23-22-12-19(20,21)18-9-14-6-15(10-18)8-16(7-14)11-18/h2-5,12,14-16,23H,6-11H2,1H3/b22-12+. The number of hydrogen-bond donors (Lipinski definition) is 1. The van der Waals surface area contributed by atoms with E-state index in [0.717, 1.165) is 23.3 Å². The van der Waals surface area contributed by atoms with E-state index in [0.29, 0.717) is 0 Å². The maximum absolute atomic E-state index is 12.4. The Hall–Kier alpha value is -0.400. The minimum absolute atomic E-state index is 0.126. The fraction of sp³-hybridized carbons (Fsp3) is 0.632. The van der Waals surface area contributed by atoms with E-state index in [1.807, 2.05) is 6.92 Å². The van der Waals surface area contributed by atoms with Crippen LogP contribution in [0, 0.1) is 30.1 Å². The van der Waals surface area contributed by atoms with Crippen LogP contribution in [0.15, 0.2) is 34.3 Å². The van der Waals surface area contributed by atoms with Crippen molar-refractivity contribution in [1.29, 1.82) is 0 Å². The lowest BCUT2D eigenvalue weighted by molar-refractivity contribution is -0.0474. The van der Waals surface area contributed by atoms with Crippen molar-refractivity contribution >= 4 is 48.1 Å². The first kappa shape index (κ1) is 18.9. The molecule has 7 heteroatoms. The highest BCUT2D eigenvalue weighted by Crippen LogP contribution is 2.66. The van der Waals surface area contributed by atoms with E-state index in [1.165, 1.54) is 38.5 Å². The van der Waals surface area contributed by atoms with Crippen molar-refractivity contribution in [3.8, 4) is 0 Å². The molecular weight excluding hydrogens is 480 g/mol. The summed E-state index contributed by atoms with van der Waals surface area (Å²) in [7, 11) is -3.65. The van der Waals surface area contributed by atoms with E-state index in [-0.39, 0.29) is 10.3 Å². The summed E-state index contributed by atoms with van der Waals surface area (Å²) in [5, 5.41) is 4.11. The summed E-state index contributed by atoms with van der Waals surface area (Å²) in [5.74, 6) is 2.44. The lowest BCUT2D eigenvalue weighted by Gasteiger charge is -2.60. The van der Waals surface area contributed by atoms with Crippen molar-refractivity contribution in [3.05, 3.63) is 29.8 Å². The van der Waals surface area contributed by atoms with Gasteiger partial charge in [0.25, 0.3) is 10.0 Å². The largest absolute Gasteiger partial charge is 0.276 e. The zero-order valence-corrected chi connectivity index (χ0v) is 18.8. The van der Waals surface area contributed by atoms with Gasteiger partial charge in [-0.3, -0.25) is 0 Å². The number of rotatable bonds is 5. The molecule has 4 saturated carbocycles. The summed E-state index contributed by atoms with van der Waals surface area (Å²) in [6.07, 6.45) is 9.36. The Bertz CT molecular complexity index is 783. The van der Waals surface area contributed by atoms with E-state index < -0.39 is 13.3 Å². The number of hydrogen-bond acceptors (Lipinski definition) is 3. The van der Waals surface area contributed by atoms with Crippen molar-refractivity contribution < 1.29 is 8.42 Å². The molecule has 0 radical (unpaired) electrons. The average molecular weight is 504 g/mol. The quantitative estimate of drug-likeness (QED) is 0.350. The molecule has 0 unspecified atom stereocenters. The third-order valence-corrected chi connectivity index (χ3v) is 9.81. The van der Waals surface area contributed by atoms with Gasteiger partial charge in [0.1, 0.15) is 3.23 Å². The molecule has 4 aliphatic rings. The van der Waals surface area contributed by atoms with E-state index >= 15 is 0 Å². The molecule has 26 heavy (non-hydrogen) atoms. The van der Waals surface area contributed by atoms with Gasteiger partial charge >= 0.3 is 0 Å². The summed E-state index contributed by atoms with van der Waals surface area (Å²) >= 11 is 7.67. The molecule has 0 aromatic heterocycles. The van der Waals surface area contributed by atoms with Crippen LogP contribution in [0.3, 0.4) is 0 Å². The Morgan fingerprint density at radius 1 is 1.08 bits per heavy atom. The van der Waals surface area contributed by atoms with Gasteiger partial charge in [0.2, 0.25) is 0 Å². The number of aryl methyl sites for hydroxylation is 1. The molecule has 1 N–H and O–H groups in total. The predicted molar refractivity (Wildman–Crippen MR) is 111 cm³/mol. The predicted octanol–water partition coefficient (Wildman–Crippen LogP) is 4.96. The normalized spacial score (nSPS) is 33.7. The molecule has 5 rings (SSSR count). The zero-order valence-electron chi connectivity index (χ0n) is 14.8. The lowest BCUT2D eigenvalue weighted by Crippen LogP contribution is -2.54. The number of nitrogens with zero attached hydrogens (tertiary/aromatic N) is 1. The molecular formula is C19H24Br2N2O2S. The first-order valence-corrected chi connectivity index (χ1v) is 12.3. The van der Waals surface area contributed by atoms with Crippen molar-refractivity contribution in [2.75, 3.05) is 0 Å². The molecule has 4 fully saturated rings.